The Morgan fingerprint density at radius 3 is 2.60 bits per heavy atom. The number of hydrogen-bond acceptors (Lipinski definition) is 2. The van der Waals surface area contributed by atoms with Crippen LogP contribution in [-0.2, 0) is 6.18 Å². The molecule has 112 valence electrons. The molecule has 1 atom stereocenters. The van der Waals surface area contributed by atoms with Gasteiger partial charge in [-0.1, -0.05) is 31.1 Å². The number of benzene rings is 1. The van der Waals surface area contributed by atoms with Crippen molar-refractivity contribution in [3.05, 3.63) is 48.0 Å². The van der Waals surface area contributed by atoms with E-state index in [1.54, 1.807) is 6.07 Å². The number of rotatable bonds is 8. The first-order valence-electron chi connectivity index (χ1n) is 6.73. The molecule has 0 saturated carbocycles. The predicted molar refractivity (Wildman–Crippen MR) is 74.8 cm³/mol. The van der Waals surface area contributed by atoms with Gasteiger partial charge in [-0.3, -0.25) is 11.3 Å². The fourth-order valence-electron chi connectivity index (χ4n) is 2.09. The van der Waals surface area contributed by atoms with Crippen LogP contribution in [0.25, 0.3) is 0 Å². The Morgan fingerprint density at radius 2 is 2.00 bits per heavy atom. The van der Waals surface area contributed by atoms with Crippen LogP contribution in [-0.4, -0.2) is 0 Å². The van der Waals surface area contributed by atoms with Crippen molar-refractivity contribution < 1.29 is 13.2 Å². The quantitative estimate of drug-likeness (QED) is 0.323. The van der Waals surface area contributed by atoms with Crippen LogP contribution < -0.4 is 11.3 Å². The van der Waals surface area contributed by atoms with Crippen LogP contribution in [0, 0.1) is 0 Å². The van der Waals surface area contributed by atoms with Crippen molar-refractivity contribution in [3.63, 3.8) is 0 Å². The van der Waals surface area contributed by atoms with Gasteiger partial charge in [0.25, 0.3) is 0 Å². The number of hydrogen-bond donors (Lipinski definition) is 2. The van der Waals surface area contributed by atoms with E-state index in [1.165, 1.54) is 6.07 Å². The van der Waals surface area contributed by atoms with Gasteiger partial charge >= 0.3 is 6.18 Å². The Bertz CT molecular complexity index is 416. The van der Waals surface area contributed by atoms with Crippen LogP contribution in [0.5, 0.6) is 0 Å². The number of alkyl halides is 3. The maximum Gasteiger partial charge on any atom is 0.416 e. The van der Waals surface area contributed by atoms with Crippen molar-refractivity contribution in [2.75, 3.05) is 0 Å². The molecule has 0 amide bonds. The largest absolute Gasteiger partial charge is 0.416 e. The van der Waals surface area contributed by atoms with Crippen molar-refractivity contribution in [1.29, 1.82) is 0 Å². The molecule has 5 heteroatoms. The number of hydrazine groups is 1. The van der Waals surface area contributed by atoms with Crippen molar-refractivity contribution >= 4 is 0 Å². The van der Waals surface area contributed by atoms with Crippen LogP contribution in [0.3, 0.4) is 0 Å². The standard InChI is InChI=1S/C15H21F3N2/c1-2-3-4-5-6-10-14(20-19)12-8-7-9-13(11-12)15(16,17)18/h2,7-9,11,14,20H,1,3-6,10,19H2. The summed E-state index contributed by atoms with van der Waals surface area (Å²) < 4.78 is 38.0. The Balaban J connectivity index is 2.63. The lowest BCUT2D eigenvalue weighted by Crippen LogP contribution is -2.28. The summed E-state index contributed by atoms with van der Waals surface area (Å²) in [5.74, 6) is 5.46. The molecular weight excluding hydrogens is 265 g/mol. The van der Waals surface area contributed by atoms with Gasteiger partial charge in [0.1, 0.15) is 0 Å². The highest BCUT2D eigenvalue weighted by Gasteiger charge is 2.30. The fraction of sp³-hybridized carbons (Fsp3) is 0.467. The third kappa shape index (κ3) is 5.35. The van der Waals surface area contributed by atoms with Gasteiger partial charge in [0.15, 0.2) is 0 Å². The predicted octanol–water partition coefficient (Wildman–Crippen LogP) is 4.35. The van der Waals surface area contributed by atoms with Crippen molar-refractivity contribution in [1.82, 2.24) is 5.43 Å². The van der Waals surface area contributed by atoms with Crippen LogP contribution in [0.15, 0.2) is 36.9 Å². The Hall–Kier alpha value is -1.33. The lowest BCUT2D eigenvalue weighted by atomic mass is 9.98. The van der Waals surface area contributed by atoms with Gasteiger partial charge < -0.3 is 0 Å². The Morgan fingerprint density at radius 1 is 1.25 bits per heavy atom. The fourth-order valence-corrected chi connectivity index (χ4v) is 2.09. The normalized spacial score (nSPS) is 13.2. The monoisotopic (exact) mass is 286 g/mol. The molecule has 1 aromatic rings. The molecule has 0 aromatic heterocycles. The molecule has 0 radical (unpaired) electrons. The topological polar surface area (TPSA) is 38.0 Å². The highest BCUT2D eigenvalue weighted by Crippen LogP contribution is 2.31. The van der Waals surface area contributed by atoms with E-state index in [9.17, 15) is 13.2 Å². The molecule has 0 spiro atoms. The van der Waals surface area contributed by atoms with Crippen molar-refractivity contribution in [2.45, 2.75) is 44.3 Å². The van der Waals surface area contributed by atoms with E-state index in [2.05, 4.69) is 12.0 Å². The zero-order chi connectivity index (χ0) is 15.0. The highest BCUT2D eigenvalue weighted by atomic mass is 19.4. The summed E-state index contributed by atoms with van der Waals surface area (Å²) in [5, 5.41) is 0. The van der Waals surface area contributed by atoms with Gasteiger partial charge in [-0.25, -0.2) is 0 Å². The maximum atomic E-state index is 12.7. The number of allylic oxidation sites excluding steroid dienone is 1. The van der Waals surface area contributed by atoms with E-state index in [1.807, 2.05) is 6.08 Å². The first kappa shape index (κ1) is 16.7. The van der Waals surface area contributed by atoms with Crippen LogP contribution in [0.2, 0.25) is 0 Å². The SMILES string of the molecule is C=CCCCCCC(NN)c1cccc(C(F)(F)F)c1. The molecule has 0 aliphatic heterocycles. The average Bonchev–Trinajstić information content (AvgIpc) is 2.42. The van der Waals surface area contributed by atoms with E-state index in [-0.39, 0.29) is 6.04 Å². The molecule has 3 N–H and O–H groups in total. The molecule has 0 aliphatic carbocycles. The summed E-state index contributed by atoms with van der Waals surface area (Å²) >= 11 is 0. The van der Waals surface area contributed by atoms with Crippen LogP contribution in [0.4, 0.5) is 13.2 Å². The van der Waals surface area contributed by atoms with Gasteiger partial charge in [-0.15, -0.1) is 6.58 Å². The number of unbranched alkanes of at least 4 members (excludes halogenated alkanes) is 3. The Labute approximate surface area is 117 Å². The number of halogens is 3. The zero-order valence-electron chi connectivity index (χ0n) is 11.4. The number of nitrogens with one attached hydrogen (secondary N) is 1. The molecule has 0 bridgehead atoms. The van der Waals surface area contributed by atoms with E-state index >= 15 is 0 Å². The third-order valence-electron chi connectivity index (χ3n) is 3.22. The first-order valence-corrected chi connectivity index (χ1v) is 6.73. The molecule has 0 saturated heterocycles. The van der Waals surface area contributed by atoms with E-state index < -0.39 is 11.7 Å². The Kier molecular flexibility index (Phi) is 6.75. The second-order valence-corrected chi connectivity index (χ2v) is 4.77. The van der Waals surface area contributed by atoms with Gasteiger partial charge in [-0.05, 0) is 37.0 Å². The molecule has 1 unspecified atom stereocenters. The van der Waals surface area contributed by atoms with Crippen molar-refractivity contribution in [2.24, 2.45) is 5.84 Å². The highest BCUT2D eigenvalue weighted by molar-refractivity contribution is 5.27. The average molecular weight is 286 g/mol. The van der Waals surface area contributed by atoms with Gasteiger partial charge in [0, 0.05) is 6.04 Å². The smallest absolute Gasteiger partial charge is 0.271 e. The summed E-state index contributed by atoms with van der Waals surface area (Å²) in [6, 6.07) is 5.07. The minimum atomic E-state index is -4.32. The molecule has 0 aliphatic rings. The lowest BCUT2D eigenvalue weighted by Gasteiger charge is -2.17. The van der Waals surface area contributed by atoms with Gasteiger partial charge in [-0.2, -0.15) is 13.2 Å². The molecule has 1 aromatic carbocycles. The lowest BCUT2D eigenvalue weighted by molar-refractivity contribution is -0.137. The summed E-state index contributed by atoms with van der Waals surface area (Å²) in [7, 11) is 0. The second kappa shape index (κ2) is 8.07. The summed E-state index contributed by atoms with van der Waals surface area (Å²) in [4.78, 5) is 0. The van der Waals surface area contributed by atoms with Crippen LogP contribution >= 0.6 is 0 Å². The van der Waals surface area contributed by atoms with E-state index in [4.69, 9.17) is 5.84 Å². The maximum absolute atomic E-state index is 12.7. The van der Waals surface area contributed by atoms with E-state index in [0.29, 0.717) is 5.56 Å². The molecule has 2 nitrogen and oxygen atoms in total. The molecule has 0 fully saturated rings. The number of nitrogens with two attached hydrogens (primary N) is 1. The minimum Gasteiger partial charge on any atom is -0.271 e. The molecule has 20 heavy (non-hydrogen) atoms. The summed E-state index contributed by atoms with van der Waals surface area (Å²) in [6.45, 7) is 3.65. The minimum absolute atomic E-state index is 0.249. The van der Waals surface area contributed by atoms with Crippen LogP contribution in [0.1, 0.15) is 49.3 Å². The van der Waals surface area contributed by atoms with Crippen molar-refractivity contribution in [3.8, 4) is 0 Å². The first-order chi connectivity index (χ1) is 9.49. The zero-order valence-corrected chi connectivity index (χ0v) is 11.4. The second-order valence-electron chi connectivity index (χ2n) is 4.77. The van der Waals surface area contributed by atoms with Gasteiger partial charge in [0.2, 0.25) is 0 Å². The molecule has 1 rings (SSSR count). The third-order valence-corrected chi connectivity index (χ3v) is 3.22. The molecular formula is C15H21F3N2. The van der Waals surface area contributed by atoms with Gasteiger partial charge in [0.05, 0.1) is 5.56 Å². The summed E-state index contributed by atoms with van der Waals surface area (Å²) in [5.41, 5.74) is 2.54. The van der Waals surface area contributed by atoms with E-state index in [0.717, 1.165) is 44.2 Å². The molecule has 0 heterocycles. The summed E-state index contributed by atoms with van der Waals surface area (Å²) in [6.07, 6.45) is 2.20.